The summed E-state index contributed by atoms with van der Waals surface area (Å²) in [5, 5.41) is 19.3. The average Bonchev–Trinajstić information content (AvgIpc) is 2.57. The Bertz CT molecular complexity index is 936. The van der Waals surface area contributed by atoms with E-state index in [1.807, 2.05) is 0 Å². The van der Waals surface area contributed by atoms with Gasteiger partial charge in [0.2, 0.25) is 0 Å². The summed E-state index contributed by atoms with van der Waals surface area (Å²) in [6.45, 7) is 0. The molecule has 3 rings (SSSR count). The predicted molar refractivity (Wildman–Crippen MR) is 99.1 cm³/mol. The Morgan fingerprint density at radius 2 is 2.21 bits per heavy atom. The lowest BCUT2D eigenvalue weighted by Gasteiger charge is -2.22. The van der Waals surface area contributed by atoms with Gasteiger partial charge in [-0.05, 0) is 22.0 Å². The maximum Gasteiger partial charge on any atom is 0.282 e. The summed E-state index contributed by atoms with van der Waals surface area (Å²) in [7, 11) is 3.39. The smallest absolute Gasteiger partial charge is 0.266 e. The molecule has 122 valence electrons. The van der Waals surface area contributed by atoms with Crippen LogP contribution in [0.1, 0.15) is 11.3 Å². The van der Waals surface area contributed by atoms with Crippen molar-refractivity contribution in [2.24, 2.45) is 12.1 Å². The molecule has 0 spiro atoms. The van der Waals surface area contributed by atoms with Gasteiger partial charge in [0, 0.05) is 30.5 Å². The van der Waals surface area contributed by atoms with Gasteiger partial charge in [-0.25, -0.2) is 4.68 Å². The number of rotatable bonds is 2. The minimum atomic E-state index is -0.156. The van der Waals surface area contributed by atoms with E-state index in [0.29, 0.717) is 27.6 Å². The van der Waals surface area contributed by atoms with Crippen molar-refractivity contribution >= 4 is 49.5 Å². The van der Waals surface area contributed by atoms with Gasteiger partial charge < -0.3 is 0 Å². The molecule has 2 aromatic heterocycles. The fourth-order valence-electron chi connectivity index (χ4n) is 1.99. The van der Waals surface area contributed by atoms with E-state index in [9.17, 15) is 10.1 Å². The maximum atomic E-state index is 12.2. The molecule has 0 N–H and O–H groups in total. The van der Waals surface area contributed by atoms with Crippen LogP contribution in [0.2, 0.25) is 0 Å². The zero-order valence-corrected chi connectivity index (χ0v) is 15.9. The first-order valence-electron chi connectivity index (χ1n) is 6.73. The monoisotopic (exact) mass is 422 g/mol. The van der Waals surface area contributed by atoms with Gasteiger partial charge in [0.1, 0.15) is 11.0 Å². The summed E-state index contributed by atoms with van der Waals surface area (Å²) in [5.41, 5.74) is 1.74. The first-order chi connectivity index (χ1) is 11.5. The van der Waals surface area contributed by atoms with Crippen LogP contribution < -0.4 is 10.6 Å². The second-order valence-electron chi connectivity index (χ2n) is 4.83. The number of hydrogen-bond donors (Lipinski definition) is 0. The molecule has 3 heterocycles. The molecule has 0 aromatic carbocycles. The molecule has 0 bridgehead atoms. The fraction of sp³-hybridized carbons (Fsp3) is 0.214. The number of pyridine rings is 1. The lowest BCUT2D eigenvalue weighted by Crippen LogP contribution is -2.27. The van der Waals surface area contributed by atoms with Crippen LogP contribution in [-0.2, 0) is 12.8 Å². The van der Waals surface area contributed by atoms with Crippen LogP contribution in [-0.4, -0.2) is 26.2 Å². The van der Waals surface area contributed by atoms with Crippen LogP contribution >= 0.6 is 39.5 Å². The number of hydrazone groups is 1. The van der Waals surface area contributed by atoms with Crippen molar-refractivity contribution < 1.29 is 0 Å². The van der Waals surface area contributed by atoms with Crippen LogP contribution in [0.25, 0.3) is 0 Å². The highest BCUT2D eigenvalue weighted by atomic mass is 79.9. The van der Waals surface area contributed by atoms with Gasteiger partial charge in [-0.2, -0.15) is 15.5 Å². The Labute approximate surface area is 154 Å². The standard InChI is InChI=1S/C14H11BrN6OS2/c1-20-11-6-18-21(2)13(22)12(11)24-14(19-20)23-7-10-8(4-16)3-9(15)5-17-10/h3,5-6H,7H2,1-2H3. The summed E-state index contributed by atoms with van der Waals surface area (Å²) in [6, 6.07) is 3.88. The van der Waals surface area contributed by atoms with Crippen LogP contribution in [0.4, 0.5) is 5.69 Å². The number of aromatic nitrogens is 3. The second kappa shape index (κ2) is 6.96. The zero-order chi connectivity index (χ0) is 17.3. The van der Waals surface area contributed by atoms with Crippen molar-refractivity contribution in [2.75, 3.05) is 12.1 Å². The van der Waals surface area contributed by atoms with Crippen molar-refractivity contribution in [1.29, 1.82) is 5.26 Å². The highest BCUT2D eigenvalue weighted by molar-refractivity contribution is 9.10. The van der Waals surface area contributed by atoms with Crippen molar-refractivity contribution in [2.45, 2.75) is 10.6 Å². The molecule has 0 amide bonds. The van der Waals surface area contributed by atoms with E-state index in [1.54, 1.807) is 37.6 Å². The normalized spacial score (nSPS) is 13.2. The van der Waals surface area contributed by atoms with E-state index >= 15 is 0 Å². The summed E-state index contributed by atoms with van der Waals surface area (Å²) in [6.07, 6.45) is 3.29. The lowest BCUT2D eigenvalue weighted by atomic mass is 10.2. The van der Waals surface area contributed by atoms with Crippen molar-refractivity contribution in [3.8, 4) is 6.07 Å². The number of thioether (sulfide) groups is 2. The molecule has 1 aliphatic heterocycles. The molecule has 0 atom stereocenters. The molecule has 0 fully saturated rings. The molecule has 2 aromatic rings. The Morgan fingerprint density at radius 3 is 2.96 bits per heavy atom. The molecule has 7 nitrogen and oxygen atoms in total. The highest BCUT2D eigenvalue weighted by Gasteiger charge is 2.22. The van der Waals surface area contributed by atoms with Gasteiger partial charge in [0.25, 0.3) is 5.56 Å². The van der Waals surface area contributed by atoms with Gasteiger partial charge in [-0.3, -0.25) is 14.8 Å². The van der Waals surface area contributed by atoms with Gasteiger partial charge >= 0.3 is 0 Å². The molecule has 0 aliphatic carbocycles. The lowest BCUT2D eigenvalue weighted by molar-refractivity contribution is 0.684. The van der Waals surface area contributed by atoms with Crippen molar-refractivity contribution in [3.05, 3.63) is 44.5 Å². The molecular weight excluding hydrogens is 412 g/mol. The van der Waals surface area contributed by atoms with E-state index in [-0.39, 0.29) is 5.56 Å². The number of fused-ring (bicyclic) bond motifs is 1. The van der Waals surface area contributed by atoms with E-state index in [0.717, 1.165) is 8.85 Å². The van der Waals surface area contributed by atoms with Crippen LogP contribution in [0.15, 0.2) is 37.7 Å². The topological polar surface area (TPSA) is 87.2 Å². The van der Waals surface area contributed by atoms with Crippen LogP contribution in [0.3, 0.4) is 0 Å². The first kappa shape index (κ1) is 17.0. The fourth-order valence-corrected chi connectivity index (χ4v) is 4.50. The van der Waals surface area contributed by atoms with E-state index < -0.39 is 0 Å². The Balaban J connectivity index is 1.82. The summed E-state index contributed by atoms with van der Waals surface area (Å²) in [5.74, 6) is 0.497. The predicted octanol–water partition coefficient (Wildman–Crippen LogP) is 2.56. The number of hydrogen-bond acceptors (Lipinski definition) is 8. The van der Waals surface area contributed by atoms with E-state index in [1.165, 1.54) is 28.2 Å². The largest absolute Gasteiger partial charge is 0.282 e. The molecule has 0 unspecified atom stereocenters. The molecule has 0 radical (unpaired) electrons. The SMILES string of the molecule is CN1N=C(SCc2ncc(Br)cc2C#N)Sc2c1cnn(C)c2=O. The molecule has 1 aliphatic rings. The van der Waals surface area contributed by atoms with Gasteiger partial charge in [0.15, 0.2) is 4.38 Å². The van der Waals surface area contributed by atoms with Crippen LogP contribution in [0.5, 0.6) is 0 Å². The first-order valence-corrected chi connectivity index (χ1v) is 9.33. The minimum Gasteiger partial charge on any atom is -0.266 e. The third-order valence-electron chi connectivity index (χ3n) is 3.23. The number of halogens is 1. The van der Waals surface area contributed by atoms with Crippen LogP contribution in [0, 0.1) is 11.3 Å². The molecule has 0 saturated heterocycles. The van der Waals surface area contributed by atoms with Crippen molar-refractivity contribution in [1.82, 2.24) is 14.8 Å². The summed E-state index contributed by atoms with van der Waals surface area (Å²) in [4.78, 5) is 17.1. The Kier molecular flexibility index (Phi) is 4.93. The number of nitriles is 1. The number of nitrogens with zero attached hydrogens (tertiary/aromatic N) is 6. The Morgan fingerprint density at radius 1 is 1.42 bits per heavy atom. The van der Waals surface area contributed by atoms with Crippen molar-refractivity contribution in [3.63, 3.8) is 0 Å². The Hall–Kier alpha value is -1.83. The maximum absolute atomic E-state index is 12.2. The summed E-state index contributed by atoms with van der Waals surface area (Å²) >= 11 is 6.06. The number of aryl methyl sites for hydroxylation is 1. The molecule has 0 saturated carbocycles. The second-order valence-corrected chi connectivity index (χ2v) is 7.96. The zero-order valence-electron chi connectivity index (χ0n) is 12.7. The van der Waals surface area contributed by atoms with E-state index in [4.69, 9.17) is 0 Å². The third-order valence-corrected chi connectivity index (χ3v) is 5.86. The highest BCUT2D eigenvalue weighted by Crippen LogP contribution is 2.36. The van der Waals surface area contributed by atoms with Gasteiger partial charge in [0.05, 0.1) is 23.1 Å². The molecule has 24 heavy (non-hydrogen) atoms. The minimum absolute atomic E-state index is 0.156. The molecule has 10 heteroatoms. The number of anilines is 1. The van der Waals surface area contributed by atoms with Gasteiger partial charge in [-0.15, -0.1) is 0 Å². The summed E-state index contributed by atoms with van der Waals surface area (Å²) < 4.78 is 2.79. The molecular formula is C14H11BrN6OS2. The third kappa shape index (κ3) is 3.33. The van der Waals surface area contributed by atoms with Gasteiger partial charge in [-0.1, -0.05) is 23.5 Å². The van der Waals surface area contributed by atoms with E-state index in [2.05, 4.69) is 37.2 Å². The quantitative estimate of drug-likeness (QED) is 0.734. The average molecular weight is 423 g/mol.